The third-order valence-corrected chi connectivity index (χ3v) is 6.15. The van der Waals surface area contributed by atoms with Crippen molar-refractivity contribution in [3.63, 3.8) is 0 Å². The highest BCUT2D eigenvalue weighted by atomic mass is 16.1. The van der Waals surface area contributed by atoms with Crippen molar-refractivity contribution in [2.45, 2.75) is 51.0 Å². The molecule has 0 radical (unpaired) electrons. The molecule has 5 nitrogen and oxygen atoms in total. The van der Waals surface area contributed by atoms with Crippen LogP contribution in [-0.4, -0.2) is 20.5 Å². The normalized spacial score (nSPS) is 19.5. The van der Waals surface area contributed by atoms with E-state index in [0.29, 0.717) is 24.5 Å². The lowest BCUT2D eigenvalue weighted by Crippen LogP contribution is -2.22. The number of ketones is 1. The topological polar surface area (TPSA) is 71.6 Å². The Hall–Kier alpha value is -2.74. The van der Waals surface area contributed by atoms with E-state index in [-0.39, 0.29) is 11.8 Å². The van der Waals surface area contributed by atoms with Crippen molar-refractivity contribution in [3.05, 3.63) is 41.5 Å². The summed E-state index contributed by atoms with van der Waals surface area (Å²) in [6.07, 6.45) is 12.0. The number of fused-ring (bicyclic) bond motifs is 2. The van der Waals surface area contributed by atoms with Crippen molar-refractivity contribution in [1.29, 1.82) is 5.26 Å². The van der Waals surface area contributed by atoms with Crippen molar-refractivity contribution < 1.29 is 4.79 Å². The van der Waals surface area contributed by atoms with Gasteiger partial charge >= 0.3 is 0 Å². The van der Waals surface area contributed by atoms with E-state index < -0.39 is 0 Å². The predicted octanol–water partition coefficient (Wildman–Crippen LogP) is 4.12. The number of carbonyl (C=O) groups excluding carboxylic acids is 1. The average Bonchev–Trinajstić information content (AvgIpc) is 3.38. The monoisotopic (exact) mass is 344 g/mol. The molecule has 3 aliphatic carbocycles. The van der Waals surface area contributed by atoms with E-state index in [1.807, 2.05) is 23.1 Å². The van der Waals surface area contributed by atoms with Gasteiger partial charge in [-0.1, -0.05) is 18.9 Å². The number of aromatic nitrogens is 3. The first kappa shape index (κ1) is 15.5. The summed E-state index contributed by atoms with van der Waals surface area (Å²) in [6.45, 7) is 0. The number of hydrogen-bond donors (Lipinski definition) is 0. The highest BCUT2D eigenvalue weighted by Gasteiger charge is 2.35. The molecule has 0 bridgehead atoms. The molecule has 26 heavy (non-hydrogen) atoms. The molecule has 2 heterocycles. The summed E-state index contributed by atoms with van der Waals surface area (Å²) >= 11 is 0. The van der Waals surface area contributed by atoms with Crippen LogP contribution in [0.25, 0.3) is 16.7 Å². The zero-order valence-corrected chi connectivity index (χ0v) is 14.6. The number of hydrogen-bond acceptors (Lipinski definition) is 4. The summed E-state index contributed by atoms with van der Waals surface area (Å²) < 4.78 is 1.88. The van der Waals surface area contributed by atoms with Crippen LogP contribution in [0.1, 0.15) is 66.3 Å². The predicted molar refractivity (Wildman–Crippen MR) is 97.3 cm³/mol. The minimum atomic E-state index is -0.00609. The second-order valence-corrected chi connectivity index (χ2v) is 7.54. The van der Waals surface area contributed by atoms with Crippen LogP contribution in [0, 0.1) is 17.2 Å². The Labute approximate surface area is 152 Å². The average molecular weight is 344 g/mol. The third kappa shape index (κ3) is 2.18. The van der Waals surface area contributed by atoms with Crippen LogP contribution in [0.4, 0.5) is 0 Å². The van der Waals surface area contributed by atoms with Crippen molar-refractivity contribution in [3.8, 4) is 17.2 Å². The lowest BCUT2D eigenvalue weighted by atomic mass is 9.95. The van der Waals surface area contributed by atoms with Crippen LogP contribution in [0.3, 0.4) is 0 Å². The zero-order chi connectivity index (χ0) is 17.7. The molecule has 3 aliphatic rings. The van der Waals surface area contributed by atoms with E-state index >= 15 is 0 Å². The van der Waals surface area contributed by atoms with Crippen molar-refractivity contribution in [2.75, 3.05) is 0 Å². The van der Waals surface area contributed by atoms with Crippen molar-refractivity contribution >= 4 is 11.4 Å². The minimum absolute atomic E-state index is 0.00609. The molecule has 2 aromatic heterocycles. The number of nitrogens with zero attached hydrogens (tertiary/aromatic N) is 4. The van der Waals surface area contributed by atoms with Gasteiger partial charge in [0.05, 0.1) is 30.4 Å². The minimum Gasteiger partial charge on any atom is -0.292 e. The quantitative estimate of drug-likeness (QED) is 0.840. The van der Waals surface area contributed by atoms with Gasteiger partial charge in [-0.2, -0.15) is 10.4 Å². The van der Waals surface area contributed by atoms with Gasteiger partial charge in [0.15, 0.2) is 5.78 Å². The van der Waals surface area contributed by atoms with Gasteiger partial charge in [0, 0.05) is 30.2 Å². The molecular formula is C21H20N4O. The molecule has 0 amide bonds. The molecule has 1 fully saturated rings. The Morgan fingerprint density at radius 2 is 2.15 bits per heavy atom. The Morgan fingerprint density at radius 1 is 1.31 bits per heavy atom. The Balaban J connectivity index is 1.68. The van der Waals surface area contributed by atoms with Crippen LogP contribution in [-0.2, 0) is 6.42 Å². The largest absolute Gasteiger partial charge is 0.292 e. The number of pyridine rings is 1. The fourth-order valence-corrected chi connectivity index (χ4v) is 4.96. The van der Waals surface area contributed by atoms with Gasteiger partial charge in [0.1, 0.15) is 5.69 Å². The summed E-state index contributed by atoms with van der Waals surface area (Å²) in [5.74, 6) is 0.541. The molecule has 1 atom stereocenters. The van der Waals surface area contributed by atoms with E-state index in [1.54, 1.807) is 0 Å². The molecule has 5 heteroatoms. The Morgan fingerprint density at radius 3 is 2.96 bits per heavy atom. The van der Waals surface area contributed by atoms with Gasteiger partial charge in [-0.05, 0) is 36.0 Å². The molecule has 5 rings (SSSR count). The SMILES string of the molecule is N#CCC(C1CCCC1)n1ncc2c1C(=O)CC1=CCc3nccc-2c31. The smallest absolute Gasteiger partial charge is 0.185 e. The summed E-state index contributed by atoms with van der Waals surface area (Å²) in [5.41, 5.74) is 5.91. The molecule has 0 saturated heterocycles. The summed E-state index contributed by atoms with van der Waals surface area (Å²) in [6, 6.07) is 4.32. The third-order valence-electron chi connectivity index (χ3n) is 6.15. The summed E-state index contributed by atoms with van der Waals surface area (Å²) in [7, 11) is 0. The van der Waals surface area contributed by atoms with Gasteiger partial charge in [-0.15, -0.1) is 0 Å². The molecule has 130 valence electrons. The number of Topliss-reactive ketones (excluding diaryl/α,β-unsaturated/α-hetero) is 1. The molecule has 0 aromatic carbocycles. The highest BCUT2D eigenvalue weighted by Crippen LogP contribution is 2.44. The standard InChI is InChI=1S/C21H20N4O/c22-9-7-18(13-3-1-2-4-13)25-21-16(12-24-25)15-8-10-23-17-6-5-14(20(15)17)11-19(21)26/h5,8,10,12-13,18H,1-4,6-7,11H2. The number of allylic oxidation sites excluding steroid dienone is 2. The van der Waals surface area contributed by atoms with E-state index in [4.69, 9.17) is 0 Å². The van der Waals surface area contributed by atoms with Gasteiger partial charge in [0.25, 0.3) is 0 Å². The van der Waals surface area contributed by atoms with Crippen LogP contribution >= 0.6 is 0 Å². The van der Waals surface area contributed by atoms with Crippen molar-refractivity contribution in [2.24, 2.45) is 5.92 Å². The van der Waals surface area contributed by atoms with E-state index in [2.05, 4.69) is 22.2 Å². The van der Waals surface area contributed by atoms with Gasteiger partial charge in [-0.25, -0.2) is 0 Å². The Kier molecular flexibility index (Phi) is 3.53. The van der Waals surface area contributed by atoms with Gasteiger partial charge < -0.3 is 0 Å². The van der Waals surface area contributed by atoms with E-state index in [0.717, 1.165) is 47.2 Å². The first-order chi connectivity index (χ1) is 12.8. The lowest BCUT2D eigenvalue weighted by molar-refractivity contribution is 0.0983. The summed E-state index contributed by atoms with van der Waals surface area (Å²) in [5, 5.41) is 14.0. The van der Waals surface area contributed by atoms with Crippen LogP contribution in [0.2, 0.25) is 0 Å². The maximum atomic E-state index is 13.2. The maximum absolute atomic E-state index is 13.2. The molecule has 0 N–H and O–H groups in total. The number of nitriles is 1. The van der Waals surface area contributed by atoms with E-state index in [1.165, 1.54) is 12.8 Å². The zero-order valence-electron chi connectivity index (χ0n) is 14.6. The second-order valence-electron chi connectivity index (χ2n) is 7.54. The number of carbonyl (C=O) groups is 1. The molecule has 0 aliphatic heterocycles. The van der Waals surface area contributed by atoms with Gasteiger partial charge in [-0.3, -0.25) is 14.5 Å². The fourth-order valence-electron chi connectivity index (χ4n) is 4.96. The van der Waals surface area contributed by atoms with Crippen LogP contribution in [0.15, 0.2) is 24.5 Å². The maximum Gasteiger partial charge on any atom is 0.185 e. The lowest BCUT2D eigenvalue weighted by Gasteiger charge is -2.23. The molecule has 1 unspecified atom stereocenters. The van der Waals surface area contributed by atoms with Crippen LogP contribution in [0.5, 0.6) is 0 Å². The molecule has 0 spiro atoms. The van der Waals surface area contributed by atoms with Gasteiger partial charge in [0.2, 0.25) is 0 Å². The van der Waals surface area contributed by atoms with E-state index in [9.17, 15) is 10.1 Å². The van der Waals surface area contributed by atoms with Crippen LogP contribution < -0.4 is 0 Å². The van der Waals surface area contributed by atoms with Crippen molar-refractivity contribution in [1.82, 2.24) is 14.8 Å². The Bertz CT molecular complexity index is 972. The molecule has 2 aromatic rings. The second kappa shape index (κ2) is 5.91. The molecule has 1 saturated carbocycles. The number of rotatable bonds is 3. The first-order valence-electron chi connectivity index (χ1n) is 9.43. The first-order valence-corrected chi connectivity index (χ1v) is 9.43. The fraction of sp³-hybridized carbons (Fsp3) is 0.429. The molecular weight excluding hydrogens is 324 g/mol. The highest BCUT2D eigenvalue weighted by molar-refractivity contribution is 6.10. The summed E-state index contributed by atoms with van der Waals surface area (Å²) in [4.78, 5) is 17.7.